The molecule has 0 atom stereocenters. The zero-order chi connectivity index (χ0) is 12.2. The molecule has 3 heteroatoms. The lowest BCUT2D eigenvalue weighted by Gasteiger charge is -2.05. The van der Waals surface area contributed by atoms with Crippen LogP contribution in [0.15, 0.2) is 47.3 Å². The van der Waals surface area contributed by atoms with Gasteiger partial charge in [-0.25, -0.2) is 0 Å². The van der Waals surface area contributed by atoms with E-state index in [1.54, 1.807) is 11.3 Å². The van der Waals surface area contributed by atoms with E-state index in [1.807, 2.05) is 6.20 Å². The third-order valence-corrected chi connectivity index (χ3v) is 3.90. The van der Waals surface area contributed by atoms with Crippen LogP contribution >= 0.6 is 11.3 Å². The summed E-state index contributed by atoms with van der Waals surface area (Å²) in [7, 11) is 0. The Morgan fingerprint density at radius 1 is 1.17 bits per heavy atom. The molecule has 2 nitrogen and oxygen atoms in total. The Hall–Kier alpha value is -1.58. The highest BCUT2D eigenvalue weighted by molar-refractivity contribution is 7.07. The highest BCUT2D eigenvalue weighted by Crippen LogP contribution is 2.17. The van der Waals surface area contributed by atoms with Crippen molar-refractivity contribution in [3.05, 3.63) is 58.4 Å². The van der Waals surface area contributed by atoms with Crippen LogP contribution in [0.3, 0.4) is 0 Å². The van der Waals surface area contributed by atoms with E-state index >= 15 is 0 Å². The Morgan fingerprint density at radius 2 is 2.17 bits per heavy atom. The Morgan fingerprint density at radius 3 is 3.06 bits per heavy atom. The summed E-state index contributed by atoms with van der Waals surface area (Å²) in [5, 5.41) is 9.18. The maximum atomic E-state index is 3.51. The molecule has 2 N–H and O–H groups in total. The number of thiophene rings is 1. The fourth-order valence-corrected chi connectivity index (χ4v) is 2.90. The summed E-state index contributed by atoms with van der Waals surface area (Å²) in [6, 6.07) is 10.7. The number of fused-ring (bicyclic) bond motifs is 1. The van der Waals surface area contributed by atoms with E-state index in [0.29, 0.717) is 0 Å². The van der Waals surface area contributed by atoms with E-state index in [0.717, 1.165) is 19.5 Å². The maximum absolute atomic E-state index is 3.51. The van der Waals surface area contributed by atoms with Crippen molar-refractivity contribution in [2.75, 3.05) is 6.54 Å². The average molecular weight is 256 g/mol. The van der Waals surface area contributed by atoms with Crippen molar-refractivity contribution in [2.24, 2.45) is 0 Å². The number of rotatable bonds is 5. The molecule has 2 aromatic heterocycles. The number of nitrogens with one attached hydrogen (secondary N) is 2. The van der Waals surface area contributed by atoms with Gasteiger partial charge in [-0.05, 0) is 53.1 Å². The van der Waals surface area contributed by atoms with Gasteiger partial charge < -0.3 is 10.3 Å². The van der Waals surface area contributed by atoms with E-state index in [-0.39, 0.29) is 0 Å². The smallest absolute Gasteiger partial charge is 0.0457 e. The minimum atomic E-state index is 0.930. The monoisotopic (exact) mass is 256 g/mol. The van der Waals surface area contributed by atoms with Crippen molar-refractivity contribution in [3.63, 3.8) is 0 Å². The van der Waals surface area contributed by atoms with Crippen LogP contribution in [0.4, 0.5) is 0 Å². The minimum Gasteiger partial charge on any atom is -0.361 e. The van der Waals surface area contributed by atoms with Gasteiger partial charge in [0.2, 0.25) is 0 Å². The molecule has 0 radical (unpaired) electrons. The van der Waals surface area contributed by atoms with Crippen LogP contribution < -0.4 is 5.32 Å². The molecule has 3 aromatic rings. The van der Waals surface area contributed by atoms with Crippen molar-refractivity contribution in [2.45, 2.75) is 13.0 Å². The van der Waals surface area contributed by atoms with E-state index < -0.39 is 0 Å². The number of hydrogen-bond acceptors (Lipinski definition) is 2. The quantitative estimate of drug-likeness (QED) is 0.671. The first-order valence-corrected chi connectivity index (χ1v) is 7.14. The second kappa shape index (κ2) is 5.38. The van der Waals surface area contributed by atoms with Crippen LogP contribution in [0, 0.1) is 0 Å². The fourth-order valence-electron chi connectivity index (χ4n) is 2.20. The molecular weight excluding hydrogens is 240 g/mol. The molecule has 0 fully saturated rings. The Bertz CT molecular complexity index is 610. The van der Waals surface area contributed by atoms with Crippen molar-refractivity contribution in [3.8, 4) is 0 Å². The summed E-state index contributed by atoms with van der Waals surface area (Å²) in [6.45, 7) is 1.96. The zero-order valence-corrected chi connectivity index (χ0v) is 11.0. The molecule has 1 aromatic carbocycles. The van der Waals surface area contributed by atoms with Gasteiger partial charge >= 0.3 is 0 Å². The Kier molecular flexibility index (Phi) is 3.44. The molecule has 0 amide bonds. The highest BCUT2D eigenvalue weighted by atomic mass is 32.1. The summed E-state index contributed by atoms with van der Waals surface area (Å²) in [5.41, 5.74) is 4.00. The molecule has 0 saturated heterocycles. The van der Waals surface area contributed by atoms with Crippen molar-refractivity contribution in [1.29, 1.82) is 0 Å². The molecule has 0 aliphatic carbocycles. The van der Waals surface area contributed by atoms with Crippen LogP contribution in [0.25, 0.3) is 10.9 Å². The van der Waals surface area contributed by atoms with Crippen LogP contribution in [0.1, 0.15) is 11.1 Å². The molecule has 0 saturated carbocycles. The number of H-pyrrole nitrogens is 1. The molecule has 3 rings (SSSR count). The van der Waals surface area contributed by atoms with Crippen LogP contribution in [-0.4, -0.2) is 11.5 Å². The predicted molar refractivity (Wildman–Crippen MR) is 78.0 cm³/mol. The predicted octanol–water partition coefficient (Wildman–Crippen LogP) is 3.56. The number of benzene rings is 1. The lowest BCUT2D eigenvalue weighted by molar-refractivity contribution is 0.690. The van der Waals surface area contributed by atoms with Crippen molar-refractivity contribution < 1.29 is 0 Å². The van der Waals surface area contributed by atoms with Gasteiger partial charge in [0, 0.05) is 23.6 Å². The first kappa shape index (κ1) is 11.5. The third kappa shape index (κ3) is 2.47. The Labute approximate surface area is 111 Å². The van der Waals surface area contributed by atoms with Crippen LogP contribution in [0.2, 0.25) is 0 Å². The van der Waals surface area contributed by atoms with Gasteiger partial charge in [-0.15, -0.1) is 0 Å². The lowest BCUT2D eigenvalue weighted by atomic mass is 10.1. The van der Waals surface area contributed by atoms with Gasteiger partial charge in [0.1, 0.15) is 0 Å². The fraction of sp³-hybridized carbons (Fsp3) is 0.200. The van der Waals surface area contributed by atoms with E-state index in [9.17, 15) is 0 Å². The number of aromatic nitrogens is 1. The van der Waals surface area contributed by atoms with E-state index in [1.165, 1.54) is 22.0 Å². The SMILES string of the molecule is c1cc(CNCCc2ccsc2)c2cc[nH]c2c1. The van der Waals surface area contributed by atoms with Gasteiger partial charge in [0.25, 0.3) is 0 Å². The normalized spacial score (nSPS) is 11.1. The highest BCUT2D eigenvalue weighted by Gasteiger charge is 2.00. The third-order valence-electron chi connectivity index (χ3n) is 3.17. The standard InChI is InChI=1S/C15H16N2S/c1-2-13(14-5-8-17-15(14)3-1)10-16-7-4-12-6-9-18-11-12/h1-3,5-6,8-9,11,16-17H,4,7,10H2. The molecule has 0 unspecified atom stereocenters. The first-order chi connectivity index (χ1) is 8.93. The summed E-state index contributed by atoms with van der Waals surface area (Å²) >= 11 is 1.77. The molecule has 0 aliphatic rings. The summed E-state index contributed by atoms with van der Waals surface area (Å²) in [6.07, 6.45) is 3.10. The largest absolute Gasteiger partial charge is 0.361 e. The summed E-state index contributed by atoms with van der Waals surface area (Å²) < 4.78 is 0. The van der Waals surface area contributed by atoms with Crippen molar-refractivity contribution >= 4 is 22.2 Å². The zero-order valence-electron chi connectivity index (χ0n) is 10.1. The maximum Gasteiger partial charge on any atom is 0.0457 e. The molecule has 18 heavy (non-hydrogen) atoms. The van der Waals surface area contributed by atoms with Gasteiger partial charge in [0.15, 0.2) is 0 Å². The average Bonchev–Trinajstić information content (AvgIpc) is 3.05. The minimum absolute atomic E-state index is 0.930. The van der Waals surface area contributed by atoms with Crippen LogP contribution in [-0.2, 0) is 13.0 Å². The Balaban J connectivity index is 1.58. The number of hydrogen-bond donors (Lipinski definition) is 2. The van der Waals surface area contributed by atoms with Crippen LogP contribution in [0.5, 0.6) is 0 Å². The van der Waals surface area contributed by atoms with Gasteiger partial charge in [-0.1, -0.05) is 12.1 Å². The molecule has 2 heterocycles. The van der Waals surface area contributed by atoms with Gasteiger partial charge in [-0.2, -0.15) is 11.3 Å². The van der Waals surface area contributed by atoms with Gasteiger partial charge in [-0.3, -0.25) is 0 Å². The molecule has 0 aliphatic heterocycles. The number of aromatic amines is 1. The second-order valence-corrected chi connectivity index (χ2v) is 5.19. The topological polar surface area (TPSA) is 27.8 Å². The van der Waals surface area contributed by atoms with Crippen molar-refractivity contribution in [1.82, 2.24) is 10.3 Å². The van der Waals surface area contributed by atoms with E-state index in [2.05, 4.69) is 51.4 Å². The molecule has 0 bridgehead atoms. The molecule has 0 spiro atoms. The summed E-state index contributed by atoms with van der Waals surface area (Å²) in [4.78, 5) is 3.25. The van der Waals surface area contributed by atoms with Gasteiger partial charge in [0.05, 0.1) is 0 Å². The summed E-state index contributed by atoms with van der Waals surface area (Å²) in [5.74, 6) is 0. The van der Waals surface area contributed by atoms with E-state index in [4.69, 9.17) is 0 Å². The molecule has 92 valence electrons. The first-order valence-electron chi connectivity index (χ1n) is 6.20. The second-order valence-electron chi connectivity index (χ2n) is 4.41. The molecular formula is C15H16N2S. The lowest BCUT2D eigenvalue weighted by Crippen LogP contribution is -2.16.